The van der Waals surface area contributed by atoms with Gasteiger partial charge in [-0.2, -0.15) is 11.8 Å². The van der Waals surface area contributed by atoms with Crippen LogP contribution in [0.5, 0.6) is 0 Å². The van der Waals surface area contributed by atoms with Gasteiger partial charge in [-0.3, -0.25) is 9.59 Å². The molecule has 2 atom stereocenters. The predicted molar refractivity (Wildman–Crippen MR) is 102 cm³/mol. The Bertz CT molecular complexity index is 567. The summed E-state index contributed by atoms with van der Waals surface area (Å²) < 4.78 is 5.68. The molecule has 1 heterocycles. The van der Waals surface area contributed by atoms with Gasteiger partial charge in [0.05, 0.1) is 18.0 Å². The first-order chi connectivity index (χ1) is 12.0. The van der Waals surface area contributed by atoms with Crippen molar-refractivity contribution in [2.45, 2.75) is 45.9 Å². The van der Waals surface area contributed by atoms with Crippen LogP contribution in [0.25, 0.3) is 0 Å². The average Bonchev–Trinajstić information content (AvgIpc) is 2.59. The number of benzene rings is 1. The standard InChI is InChI=1S/C19H28N2O3S/c1-4-9-25-13-18(22)20-10-16-5-7-17(8-6-16)19(23)21-11-14(2)24-15(3)12-21/h5-8,14-15H,4,9-13H2,1-3H3,(H,20,22). The Morgan fingerprint density at radius 2 is 1.84 bits per heavy atom. The second-order valence-corrected chi connectivity index (χ2v) is 7.60. The lowest BCUT2D eigenvalue weighted by atomic mass is 10.1. The lowest BCUT2D eigenvalue weighted by Crippen LogP contribution is -2.48. The van der Waals surface area contributed by atoms with Gasteiger partial charge in [-0.05, 0) is 43.7 Å². The Labute approximate surface area is 154 Å². The van der Waals surface area contributed by atoms with E-state index >= 15 is 0 Å². The Kier molecular flexibility index (Phi) is 7.78. The van der Waals surface area contributed by atoms with E-state index in [1.165, 1.54) is 0 Å². The molecule has 25 heavy (non-hydrogen) atoms. The summed E-state index contributed by atoms with van der Waals surface area (Å²) in [7, 11) is 0. The van der Waals surface area contributed by atoms with Crippen molar-refractivity contribution in [3.05, 3.63) is 35.4 Å². The first-order valence-corrected chi connectivity index (χ1v) is 10.0. The van der Waals surface area contributed by atoms with E-state index in [1.54, 1.807) is 11.8 Å². The zero-order chi connectivity index (χ0) is 18.2. The minimum absolute atomic E-state index is 0.0357. The fourth-order valence-corrected chi connectivity index (χ4v) is 3.57. The van der Waals surface area contributed by atoms with Crippen LogP contribution < -0.4 is 5.32 Å². The molecule has 2 amide bonds. The number of morpholine rings is 1. The summed E-state index contributed by atoms with van der Waals surface area (Å²) in [5.74, 6) is 1.59. The van der Waals surface area contributed by atoms with Crippen molar-refractivity contribution in [2.75, 3.05) is 24.6 Å². The van der Waals surface area contributed by atoms with E-state index in [2.05, 4.69) is 12.2 Å². The summed E-state index contributed by atoms with van der Waals surface area (Å²) >= 11 is 1.65. The number of amides is 2. The number of hydrogen-bond acceptors (Lipinski definition) is 4. The van der Waals surface area contributed by atoms with Gasteiger partial charge in [-0.15, -0.1) is 0 Å². The highest BCUT2D eigenvalue weighted by Crippen LogP contribution is 2.15. The minimum Gasteiger partial charge on any atom is -0.372 e. The molecule has 0 aliphatic carbocycles. The molecule has 0 spiro atoms. The lowest BCUT2D eigenvalue weighted by Gasteiger charge is -2.35. The second kappa shape index (κ2) is 9.82. The van der Waals surface area contributed by atoms with Crippen LogP contribution in [0.1, 0.15) is 43.1 Å². The highest BCUT2D eigenvalue weighted by atomic mass is 32.2. The van der Waals surface area contributed by atoms with Gasteiger partial charge in [-0.25, -0.2) is 0 Å². The maximum Gasteiger partial charge on any atom is 0.254 e. The SMILES string of the molecule is CCCSCC(=O)NCc1ccc(C(=O)N2CC(C)OC(C)C2)cc1. The molecule has 138 valence electrons. The predicted octanol–water partition coefficient (Wildman–Crippen LogP) is 2.70. The first-order valence-electron chi connectivity index (χ1n) is 8.87. The molecule has 0 radical (unpaired) electrons. The van der Waals surface area contributed by atoms with Crippen molar-refractivity contribution in [3.8, 4) is 0 Å². The van der Waals surface area contributed by atoms with Crippen molar-refractivity contribution < 1.29 is 14.3 Å². The Hall–Kier alpha value is -1.53. The van der Waals surface area contributed by atoms with E-state index in [1.807, 2.05) is 43.0 Å². The van der Waals surface area contributed by atoms with E-state index in [-0.39, 0.29) is 24.0 Å². The van der Waals surface area contributed by atoms with Crippen molar-refractivity contribution in [2.24, 2.45) is 0 Å². The number of carbonyl (C=O) groups excluding carboxylic acids is 2. The molecule has 1 aromatic carbocycles. The third-order valence-corrected chi connectivity index (χ3v) is 5.14. The third-order valence-electron chi connectivity index (χ3n) is 3.98. The third kappa shape index (κ3) is 6.36. The summed E-state index contributed by atoms with van der Waals surface area (Å²) in [5, 5.41) is 2.91. The summed E-state index contributed by atoms with van der Waals surface area (Å²) in [6, 6.07) is 7.47. The minimum atomic E-state index is 0.0357. The van der Waals surface area contributed by atoms with Crippen LogP contribution in [0, 0.1) is 0 Å². The quantitative estimate of drug-likeness (QED) is 0.756. The van der Waals surface area contributed by atoms with Crippen molar-refractivity contribution in [1.82, 2.24) is 10.2 Å². The molecular formula is C19H28N2O3S. The molecule has 1 N–H and O–H groups in total. The molecule has 6 heteroatoms. The average molecular weight is 365 g/mol. The number of nitrogens with one attached hydrogen (secondary N) is 1. The molecule has 5 nitrogen and oxygen atoms in total. The van der Waals surface area contributed by atoms with Crippen LogP contribution in [0.3, 0.4) is 0 Å². The molecule has 0 bridgehead atoms. The lowest BCUT2D eigenvalue weighted by molar-refractivity contribution is -0.118. The Balaban J connectivity index is 1.84. The highest BCUT2D eigenvalue weighted by molar-refractivity contribution is 7.99. The monoisotopic (exact) mass is 364 g/mol. The molecular weight excluding hydrogens is 336 g/mol. The van der Waals surface area contributed by atoms with Crippen molar-refractivity contribution >= 4 is 23.6 Å². The first kappa shape index (κ1) is 19.8. The molecule has 1 fully saturated rings. The zero-order valence-electron chi connectivity index (χ0n) is 15.3. The molecule has 2 unspecified atom stereocenters. The van der Waals surface area contributed by atoms with Gasteiger partial charge < -0.3 is 15.0 Å². The maximum atomic E-state index is 12.6. The Morgan fingerprint density at radius 1 is 1.20 bits per heavy atom. The zero-order valence-corrected chi connectivity index (χ0v) is 16.1. The molecule has 2 rings (SSSR count). The van der Waals surface area contributed by atoms with Crippen LogP contribution >= 0.6 is 11.8 Å². The smallest absolute Gasteiger partial charge is 0.254 e. The molecule has 1 aliphatic rings. The number of nitrogens with zero attached hydrogens (tertiary/aromatic N) is 1. The number of thioether (sulfide) groups is 1. The van der Waals surface area contributed by atoms with Gasteiger partial charge in [0.1, 0.15) is 0 Å². The topological polar surface area (TPSA) is 58.6 Å². The van der Waals surface area contributed by atoms with Crippen LogP contribution in [0.4, 0.5) is 0 Å². The fraction of sp³-hybridized carbons (Fsp3) is 0.579. The van der Waals surface area contributed by atoms with Crippen molar-refractivity contribution in [1.29, 1.82) is 0 Å². The second-order valence-electron chi connectivity index (χ2n) is 6.49. The van der Waals surface area contributed by atoms with E-state index in [9.17, 15) is 9.59 Å². The van der Waals surface area contributed by atoms with Crippen LogP contribution in [0.2, 0.25) is 0 Å². The number of ether oxygens (including phenoxy) is 1. The maximum absolute atomic E-state index is 12.6. The van der Waals surface area contributed by atoms with Gasteiger partial charge in [0.15, 0.2) is 0 Å². The Morgan fingerprint density at radius 3 is 2.44 bits per heavy atom. The molecule has 1 aromatic rings. The summed E-state index contributed by atoms with van der Waals surface area (Å²) in [5.41, 5.74) is 1.67. The van der Waals surface area contributed by atoms with Crippen LogP contribution in [0.15, 0.2) is 24.3 Å². The van der Waals surface area contributed by atoms with Gasteiger partial charge in [0, 0.05) is 25.2 Å². The number of rotatable bonds is 7. The highest BCUT2D eigenvalue weighted by Gasteiger charge is 2.26. The van der Waals surface area contributed by atoms with E-state index < -0.39 is 0 Å². The van der Waals surface area contributed by atoms with Crippen LogP contribution in [-0.4, -0.2) is 53.5 Å². The van der Waals surface area contributed by atoms with Gasteiger partial charge in [0.25, 0.3) is 5.91 Å². The normalized spacial score (nSPS) is 20.4. The van der Waals surface area contributed by atoms with E-state index in [0.29, 0.717) is 31.0 Å². The number of hydrogen-bond donors (Lipinski definition) is 1. The fourth-order valence-electron chi connectivity index (χ4n) is 2.85. The molecule has 1 aliphatic heterocycles. The van der Waals surface area contributed by atoms with Crippen molar-refractivity contribution in [3.63, 3.8) is 0 Å². The summed E-state index contributed by atoms with van der Waals surface area (Å²) in [6.07, 6.45) is 1.20. The number of carbonyl (C=O) groups is 2. The van der Waals surface area contributed by atoms with Gasteiger partial charge in [0.2, 0.25) is 5.91 Å². The van der Waals surface area contributed by atoms with Gasteiger partial charge >= 0.3 is 0 Å². The molecule has 0 saturated carbocycles. The molecule has 1 saturated heterocycles. The van der Waals surface area contributed by atoms with Gasteiger partial charge in [-0.1, -0.05) is 19.1 Å². The molecule has 0 aromatic heterocycles. The van der Waals surface area contributed by atoms with Crippen LogP contribution in [-0.2, 0) is 16.1 Å². The largest absolute Gasteiger partial charge is 0.372 e. The van der Waals surface area contributed by atoms with E-state index in [4.69, 9.17) is 4.74 Å². The summed E-state index contributed by atoms with van der Waals surface area (Å²) in [4.78, 5) is 26.2. The van der Waals surface area contributed by atoms with E-state index in [0.717, 1.165) is 17.7 Å². The summed E-state index contributed by atoms with van der Waals surface area (Å²) in [6.45, 7) is 7.81.